The third-order valence-electron chi connectivity index (χ3n) is 4.28. The van der Waals surface area contributed by atoms with E-state index in [0.717, 1.165) is 12.1 Å². The minimum atomic E-state index is -0.732. The molecule has 1 aromatic heterocycles. The van der Waals surface area contributed by atoms with Crippen LogP contribution in [0.25, 0.3) is 11.4 Å². The molecular formula is C17H21N3O3. The molecule has 0 aliphatic carbocycles. The van der Waals surface area contributed by atoms with Gasteiger partial charge in [-0.05, 0) is 24.4 Å². The van der Waals surface area contributed by atoms with Crippen LogP contribution >= 0.6 is 0 Å². The molecule has 1 fully saturated rings. The van der Waals surface area contributed by atoms with Crippen molar-refractivity contribution in [3.63, 3.8) is 0 Å². The molecule has 1 aromatic carbocycles. The predicted octanol–water partition coefficient (Wildman–Crippen LogP) is 2.77. The Bertz CT molecular complexity index is 679. The fourth-order valence-electron chi connectivity index (χ4n) is 2.82. The molecule has 1 N–H and O–H groups in total. The van der Waals surface area contributed by atoms with Crippen LogP contribution in [-0.2, 0) is 11.3 Å². The van der Waals surface area contributed by atoms with Crippen molar-refractivity contribution in [3.05, 3.63) is 35.7 Å². The molecule has 1 aliphatic heterocycles. The van der Waals surface area contributed by atoms with Gasteiger partial charge in [-0.15, -0.1) is 0 Å². The number of nitrogens with zero attached hydrogens (tertiary/aromatic N) is 3. The highest BCUT2D eigenvalue weighted by molar-refractivity contribution is 5.70. The summed E-state index contributed by atoms with van der Waals surface area (Å²) in [6.45, 7) is 6.10. The van der Waals surface area contributed by atoms with Crippen molar-refractivity contribution in [2.75, 3.05) is 13.1 Å². The van der Waals surface area contributed by atoms with Gasteiger partial charge < -0.3 is 9.63 Å². The Balaban J connectivity index is 1.65. The van der Waals surface area contributed by atoms with Gasteiger partial charge >= 0.3 is 5.97 Å². The minimum absolute atomic E-state index is 0.291. The van der Waals surface area contributed by atoms with Gasteiger partial charge in [0.1, 0.15) is 0 Å². The number of hydrogen-bond donors (Lipinski definition) is 1. The number of carboxylic acid groups (broad SMARTS) is 1. The summed E-state index contributed by atoms with van der Waals surface area (Å²) in [5, 5.41) is 13.1. The summed E-state index contributed by atoms with van der Waals surface area (Å²) in [4.78, 5) is 17.4. The van der Waals surface area contributed by atoms with E-state index in [2.05, 4.69) is 36.1 Å². The minimum Gasteiger partial charge on any atom is -0.481 e. The molecule has 23 heavy (non-hydrogen) atoms. The molecule has 0 amide bonds. The number of likely N-dealkylation sites (tertiary alicyclic amines) is 1. The first-order chi connectivity index (χ1) is 11.0. The molecule has 1 saturated heterocycles. The molecular weight excluding hydrogens is 294 g/mol. The quantitative estimate of drug-likeness (QED) is 0.914. The molecule has 6 heteroatoms. The van der Waals surface area contributed by atoms with Crippen LogP contribution in [0.5, 0.6) is 0 Å². The summed E-state index contributed by atoms with van der Waals surface area (Å²) in [7, 11) is 0. The SMILES string of the molecule is CC(C)c1ccc(-c2noc(CN3CCC(C(=O)O)C3)n2)cc1. The van der Waals surface area contributed by atoms with Crippen LogP contribution in [0, 0.1) is 5.92 Å². The standard InChI is InChI=1S/C17H21N3O3/c1-11(2)12-3-5-13(6-4-12)16-18-15(23-19-16)10-20-8-7-14(9-20)17(21)22/h3-6,11,14H,7-10H2,1-2H3,(H,21,22). The molecule has 0 spiro atoms. The molecule has 1 aliphatic rings. The van der Waals surface area contributed by atoms with Crippen LogP contribution in [0.4, 0.5) is 0 Å². The molecule has 1 unspecified atom stereocenters. The molecule has 0 bridgehead atoms. The highest BCUT2D eigenvalue weighted by Crippen LogP contribution is 2.22. The Hall–Kier alpha value is -2.21. The summed E-state index contributed by atoms with van der Waals surface area (Å²) in [5.41, 5.74) is 2.20. The van der Waals surface area contributed by atoms with E-state index in [1.165, 1.54) is 5.56 Å². The van der Waals surface area contributed by atoms with Crippen molar-refractivity contribution in [1.29, 1.82) is 0 Å². The predicted molar refractivity (Wildman–Crippen MR) is 84.8 cm³/mol. The largest absolute Gasteiger partial charge is 0.481 e. The molecule has 0 radical (unpaired) electrons. The Morgan fingerprint density at radius 2 is 2.13 bits per heavy atom. The first-order valence-electron chi connectivity index (χ1n) is 7.91. The van der Waals surface area contributed by atoms with Crippen LogP contribution in [0.15, 0.2) is 28.8 Å². The van der Waals surface area contributed by atoms with Crippen LogP contribution in [0.1, 0.15) is 37.6 Å². The van der Waals surface area contributed by atoms with E-state index < -0.39 is 5.97 Å². The van der Waals surface area contributed by atoms with Gasteiger partial charge in [-0.25, -0.2) is 0 Å². The summed E-state index contributed by atoms with van der Waals surface area (Å²) in [6, 6.07) is 8.16. The first kappa shape index (κ1) is 15.7. The van der Waals surface area contributed by atoms with Crippen LogP contribution < -0.4 is 0 Å². The average Bonchev–Trinajstić information content (AvgIpc) is 3.17. The lowest BCUT2D eigenvalue weighted by Gasteiger charge is -2.11. The van der Waals surface area contributed by atoms with Crippen molar-refractivity contribution < 1.29 is 14.4 Å². The number of benzene rings is 1. The van der Waals surface area contributed by atoms with Crippen molar-refractivity contribution in [3.8, 4) is 11.4 Å². The second kappa shape index (κ2) is 6.50. The van der Waals surface area contributed by atoms with Crippen molar-refractivity contribution in [2.45, 2.75) is 32.7 Å². The van der Waals surface area contributed by atoms with Gasteiger partial charge in [0.2, 0.25) is 11.7 Å². The van der Waals surface area contributed by atoms with Gasteiger partial charge in [-0.1, -0.05) is 43.3 Å². The van der Waals surface area contributed by atoms with Crippen LogP contribution in [-0.4, -0.2) is 39.2 Å². The Labute approximate surface area is 135 Å². The van der Waals surface area contributed by atoms with Gasteiger partial charge in [0.15, 0.2) is 0 Å². The van der Waals surface area contributed by atoms with E-state index in [0.29, 0.717) is 37.1 Å². The fourth-order valence-corrected chi connectivity index (χ4v) is 2.82. The van der Waals surface area contributed by atoms with E-state index >= 15 is 0 Å². The maximum Gasteiger partial charge on any atom is 0.307 e. The maximum atomic E-state index is 11.0. The number of rotatable bonds is 5. The molecule has 2 heterocycles. The number of carboxylic acids is 1. The maximum absolute atomic E-state index is 11.0. The summed E-state index contributed by atoms with van der Waals surface area (Å²) in [5.74, 6) is 0.565. The number of carbonyl (C=O) groups is 1. The average molecular weight is 315 g/mol. The monoisotopic (exact) mass is 315 g/mol. The molecule has 6 nitrogen and oxygen atoms in total. The van der Waals surface area contributed by atoms with Gasteiger partial charge in [-0.3, -0.25) is 9.69 Å². The van der Waals surface area contributed by atoms with Gasteiger partial charge in [0, 0.05) is 12.1 Å². The third kappa shape index (κ3) is 3.59. The molecule has 2 aromatic rings. The smallest absolute Gasteiger partial charge is 0.307 e. The van der Waals surface area contributed by atoms with Crippen LogP contribution in [0.3, 0.4) is 0 Å². The lowest BCUT2D eigenvalue weighted by Crippen LogP contribution is -2.22. The summed E-state index contributed by atoms with van der Waals surface area (Å²) >= 11 is 0. The Morgan fingerprint density at radius 1 is 1.39 bits per heavy atom. The molecule has 122 valence electrons. The lowest BCUT2D eigenvalue weighted by molar-refractivity contribution is -0.141. The Morgan fingerprint density at radius 3 is 2.74 bits per heavy atom. The first-order valence-corrected chi connectivity index (χ1v) is 7.91. The Kier molecular flexibility index (Phi) is 4.43. The number of aliphatic carboxylic acids is 1. The van der Waals surface area contributed by atoms with E-state index in [4.69, 9.17) is 9.63 Å². The molecule has 3 rings (SSSR count). The topological polar surface area (TPSA) is 79.5 Å². The fraction of sp³-hybridized carbons (Fsp3) is 0.471. The summed E-state index contributed by atoms with van der Waals surface area (Å²) in [6.07, 6.45) is 0.674. The normalized spacial score (nSPS) is 18.7. The molecule has 0 saturated carbocycles. The lowest BCUT2D eigenvalue weighted by atomic mass is 10.0. The summed E-state index contributed by atoms with van der Waals surface area (Å²) < 4.78 is 5.30. The van der Waals surface area contributed by atoms with Gasteiger partial charge in [0.05, 0.1) is 12.5 Å². The van der Waals surface area contributed by atoms with E-state index in [-0.39, 0.29) is 5.92 Å². The van der Waals surface area contributed by atoms with E-state index in [1.807, 2.05) is 17.0 Å². The van der Waals surface area contributed by atoms with E-state index in [1.54, 1.807) is 0 Å². The van der Waals surface area contributed by atoms with Crippen molar-refractivity contribution >= 4 is 5.97 Å². The zero-order valence-electron chi connectivity index (χ0n) is 13.4. The number of aromatic nitrogens is 2. The second-order valence-electron chi connectivity index (χ2n) is 6.35. The van der Waals surface area contributed by atoms with Crippen molar-refractivity contribution in [1.82, 2.24) is 15.0 Å². The highest BCUT2D eigenvalue weighted by Gasteiger charge is 2.28. The van der Waals surface area contributed by atoms with E-state index in [9.17, 15) is 4.79 Å². The van der Waals surface area contributed by atoms with Crippen molar-refractivity contribution in [2.24, 2.45) is 5.92 Å². The third-order valence-corrected chi connectivity index (χ3v) is 4.28. The van der Waals surface area contributed by atoms with Gasteiger partial charge in [0.25, 0.3) is 0 Å². The molecule has 1 atom stereocenters. The van der Waals surface area contributed by atoms with Crippen LogP contribution in [0.2, 0.25) is 0 Å². The highest BCUT2D eigenvalue weighted by atomic mass is 16.5. The second-order valence-corrected chi connectivity index (χ2v) is 6.35. The zero-order valence-corrected chi connectivity index (χ0v) is 13.4. The zero-order chi connectivity index (χ0) is 16.4. The van der Waals surface area contributed by atoms with Gasteiger partial charge in [-0.2, -0.15) is 4.98 Å². The number of hydrogen-bond acceptors (Lipinski definition) is 5.